The first-order chi connectivity index (χ1) is 8.11. The molecule has 0 unspecified atom stereocenters. The second kappa shape index (κ2) is 6.75. The number of benzene rings is 1. The van der Waals surface area contributed by atoms with Crippen LogP contribution in [0.4, 0.5) is 5.69 Å². The highest BCUT2D eigenvalue weighted by Gasteiger charge is 1.98. The molecule has 0 aliphatic carbocycles. The average Bonchev–Trinajstić information content (AvgIpc) is 2.34. The molecule has 0 saturated carbocycles. The smallest absolute Gasteiger partial charge is 0.303 e. The summed E-state index contributed by atoms with van der Waals surface area (Å²) in [5.41, 5.74) is 3.48. The molecule has 6 heteroatoms. The van der Waals surface area contributed by atoms with E-state index in [0.29, 0.717) is 0 Å². The Labute approximate surface area is 104 Å². The second-order valence-corrected chi connectivity index (χ2v) is 3.54. The molecule has 1 N–H and O–H groups in total. The van der Waals surface area contributed by atoms with E-state index >= 15 is 0 Å². The SMILES string of the molecule is COc1ccc(NN=C(Cl)COC(C)=O)cc1. The monoisotopic (exact) mass is 256 g/mol. The summed E-state index contributed by atoms with van der Waals surface area (Å²) in [5.74, 6) is 0.355. The number of esters is 1. The highest BCUT2D eigenvalue weighted by molar-refractivity contribution is 6.65. The standard InChI is InChI=1S/C11H13ClN2O3/c1-8(15)17-7-11(12)14-13-9-3-5-10(16-2)6-4-9/h3-6,13H,7H2,1-2H3. The lowest BCUT2D eigenvalue weighted by atomic mass is 10.3. The number of anilines is 1. The highest BCUT2D eigenvalue weighted by Crippen LogP contribution is 2.14. The van der Waals surface area contributed by atoms with Gasteiger partial charge in [-0.3, -0.25) is 10.2 Å². The topological polar surface area (TPSA) is 59.9 Å². The van der Waals surface area contributed by atoms with Crippen LogP contribution in [0.1, 0.15) is 6.92 Å². The molecule has 0 aromatic heterocycles. The third kappa shape index (κ3) is 5.21. The molecule has 0 spiro atoms. The zero-order valence-electron chi connectivity index (χ0n) is 9.57. The minimum absolute atomic E-state index is 0.0416. The Bertz CT molecular complexity index is 404. The van der Waals surface area contributed by atoms with Crippen LogP contribution >= 0.6 is 11.6 Å². The van der Waals surface area contributed by atoms with Crippen molar-refractivity contribution in [1.29, 1.82) is 0 Å². The fourth-order valence-corrected chi connectivity index (χ4v) is 1.08. The van der Waals surface area contributed by atoms with E-state index in [-0.39, 0.29) is 11.8 Å². The first-order valence-electron chi connectivity index (χ1n) is 4.87. The number of ether oxygens (including phenoxy) is 2. The van der Waals surface area contributed by atoms with Gasteiger partial charge in [-0.2, -0.15) is 5.10 Å². The number of carbonyl (C=O) groups is 1. The summed E-state index contributed by atoms with van der Waals surface area (Å²) < 4.78 is 9.68. The van der Waals surface area contributed by atoms with Crippen molar-refractivity contribution in [3.63, 3.8) is 0 Å². The van der Waals surface area contributed by atoms with Crippen molar-refractivity contribution in [2.24, 2.45) is 5.10 Å². The quantitative estimate of drug-likeness (QED) is 0.499. The van der Waals surface area contributed by atoms with Gasteiger partial charge in [0.1, 0.15) is 12.4 Å². The van der Waals surface area contributed by atoms with E-state index < -0.39 is 5.97 Å². The van der Waals surface area contributed by atoms with Gasteiger partial charge in [0.15, 0.2) is 5.17 Å². The molecular formula is C11H13ClN2O3. The zero-order chi connectivity index (χ0) is 12.7. The molecular weight excluding hydrogens is 244 g/mol. The Morgan fingerprint density at radius 2 is 2.06 bits per heavy atom. The maximum absolute atomic E-state index is 10.5. The van der Waals surface area contributed by atoms with E-state index in [1.165, 1.54) is 6.92 Å². The van der Waals surface area contributed by atoms with Crippen LogP contribution in [-0.2, 0) is 9.53 Å². The number of hydrazone groups is 1. The largest absolute Gasteiger partial charge is 0.497 e. The maximum Gasteiger partial charge on any atom is 0.303 e. The summed E-state index contributed by atoms with van der Waals surface area (Å²) in [6.07, 6.45) is 0. The van der Waals surface area contributed by atoms with Crippen molar-refractivity contribution in [2.75, 3.05) is 19.1 Å². The van der Waals surface area contributed by atoms with Crippen molar-refractivity contribution >= 4 is 28.4 Å². The molecule has 5 nitrogen and oxygen atoms in total. The summed E-state index contributed by atoms with van der Waals surface area (Å²) in [7, 11) is 1.59. The van der Waals surface area contributed by atoms with Gasteiger partial charge < -0.3 is 9.47 Å². The van der Waals surface area contributed by atoms with Crippen molar-refractivity contribution in [3.8, 4) is 5.75 Å². The van der Waals surface area contributed by atoms with Gasteiger partial charge in [0, 0.05) is 6.92 Å². The van der Waals surface area contributed by atoms with E-state index in [1.807, 2.05) is 0 Å². The molecule has 0 fully saturated rings. The molecule has 0 aliphatic heterocycles. The molecule has 1 aromatic carbocycles. The van der Waals surface area contributed by atoms with Gasteiger partial charge in [0.05, 0.1) is 12.8 Å². The van der Waals surface area contributed by atoms with Gasteiger partial charge in [-0.1, -0.05) is 11.6 Å². The highest BCUT2D eigenvalue weighted by atomic mass is 35.5. The molecule has 1 aromatic rings. The normalized spacial score (nSPS) is 10.9. The zero-order valence-corrected chi connectivity index (χ0v) is 10.3. The van der Waals surface area contributed by atoms with Gasteiger partial charge in [-0.15, -0.1) is 0 Å². The molecule has 0 atom stereocenters. The fourth-order valence-electron chi connectivity index (χ4n) is 0.984. The summed E-state index contributed by atoms with van der Waals surface area (Å²) in [5, 5.41) is 4.00. The molecule has 0 bridgehead atoms. The van der Waals surface area contributed by atoms with Crippen molar-refractivity contribution in [1.82, 2.24) is 0 Å². The number of nitrogens with one attached hydrogen (secondary N) is 1. The van der Waals surface area contributed by atoms with E-state index in [1.54, 1.807) is 31.4 Å². The third-order valence-electron chi connectivity index (χ3n) is 1.79. The van der Waals surface area contributed by atoms with Gasteiger partial charge in [-0.05, 0) is 24.3 Å². The van der Waals surface area contributed by atoms with E-state index in [2.05, 4.69) is 15.3 Å². The van der Waals surface area contributed by atoms with Crippen molar-refractivity contribution < 1.29 is 14.3 Å². The van der Waals surface area contributed by atoms with Gasteiger partial charge in [0.25, 0.3) is 0 Å². The molecule has 0 amide bonds. The Balaban J connectivity index is 2.47. The first-order valence-corrected chi connectivity index (χ1v) is 5.25. The lowest BCUT2D eigenvalue weighted by Gasteiger charge is -2.03. The Hall–Kier alpha value is -1.75. The molecule has 17 heavy (non-hydrogen) atoms. The second-order valence-electron chi connectivity index (χ2n) is 3.11. The van der Waals surface area contributed by atoms with Crippen molar-refractivity contribution in [3.05, 3.63) is 24.3 Å². The molecule has 0 heterocycles. The molecule has 1 rings (SSSR count). The summed E-state index contributed by atoms with van der Waals surface area (Å²) in [6.45, 7) is 1.26. The van der Waals surface area contributed by atoms with E-state index in [4.69, 9.17) is 16.3 Å². The van der Waals surface area contributed by atoms with Crippen LogP contribution in [0.25, 0.3) is 0 Å². The number of rotatable bonds is 5. The molecule has 0 aliphatic rings. The maximum atomic E-state index is 10.5. The van der Waals surface area contributed by atoms with Crippen LogP contribution < -0.4 is 10.2 Å². The number of halogens is 1. The van der Waals surface area contributed by atoms with Gasteiger partial charge >= 0.3 is 5.97 Å². The number of carbonyl (C=O) groups excluding carboxylic acids is 1. The fraction of sp³-hybridized carbons (Fsp3) is 0.273. The van der Waals surface area contributed by atoms with E-state index in [0.717, 1.165) is 11.4 Å². The van der Waals surface area contributed by atoms with Crippen LogP contribution in [0.2, 0.25) is 0 Å². The van der Waals surface area contributed by atoms with Crippen LogP contribution in [0.15, 0.2) is 29.4 Å². The first kappa shape index (κ1) is 13.3. The minimum Gasteiger partial charge on any atom is -0.497 e. The molecule has 0 radical (unpaired) electrons. The molecule has 92 valence electrons. The average molecular weight is 257 g/mol. The lowest BCUT2D eigenvalue weighted by molar-refractivity contribution is -0.139. The van der Waals surface area contributed by atoms with Crippen LogP contribution in [0.5, 0.6) is 5.75 Å². The number of methoxy groups -OCH3 is 1. The summed E-state index contributed by atoms with van der Waals surface area (Å²) in [4.78, 5) is 10.5. The predicted octanol–water partition coefficient (Wildman–Crippen LogP) is 2.22. The predicted molar refractivity (Wildman–Crippen MR) is 66.5 cm³/mol. The van der Waals surface area contributed by atoms with Gasteiger partial charge in [0.2, 0.25) is 0 Å². The third-order valence-corrected chi connectivity index (χ3v) is 1.98. The van der Waals surface area contributed by atoms with Crippen molar-refractivity contribution in [2.45, 2.75) is 6.92 Å². The Kier molecular flexibility index (Phi) is 5.29. The van der Waals surface area contributed by atoms with Crippen LogP contribution in [0, 0.1) is 0 Å². The van der Waals surface area contributed by atoms with Gasteiger partial charge in [-0.25, -0.2) is 0 Å². The Morgan fingerprint density at radius 1 is 1.41 bits per heavy atom. The van der Waals surface area contributed by atoms with Crippen LogP contribution in [0.3, 0.4) is 0 Å². The van der Waals surface area contributed by atoms with E-state index in [9.17, 15) is 4.79 Å². The lowest BCUT2D eigenvalue weighted by Crippen LogP contribution is -2.08. The summed E-state index contributed by atoms with van der Waals surface area (Å²) in [6, 6.07) is 7.16. The Morgan fingerprint density at radius 3 is 2.59 bits per heavy atom. The number of hydrogen-bond donors (Lipinski definition) is 1. The minimum atomic E-state index is -0.400. The molecule has 0 saturated heterocycles. The summed E-state index contributed by atoms with van der Waals surface area (Å²) >= 11 is 5.72. The van der Waals surface area contributed by atoms with Crippen LogP contribution in [-0.4, -0.2) is 24.9 Å². The number of hydrogen-bond acceptors (Lipinski definition) is 5. The number of nitrogens with zero attached hydrogens (tertiary/aromatic N) is 1.